The number of thiophene rings is 1. The highest BCUT2D eigenvalue weighted by molar-refractivity contribution is 7.85. The third-order valence-electron chi connectivity index (χ3n) is 4.06. The summed E-state index contributed by atoms with van der Waals surface area (Å²) in [5.74, 6) is 0. The molecule has 1 nitrogen and oxygen atoms in total. The fourth-order valence-corrected chi connectivity index (χ4v) is 5.86. The maximum Gasteiger partial charge on any atom is 0.0862 e. The van der Waals surface area contributed by atoms with Crippen LogP contribution in [-0.4, -0.2) is 4.21 Å². The van der Waals surface area contributed by atoms with Crippen LogP contribution in [0.4, 0.5) is 0 Å². The molecule has 3 aromatic carbocycles. The Morgan fingerprint density at radius 1 is 0.762 bits per heavy atom. The Labute approximate surface area is 128 Å². The van der Waals surface area contributed by atoms with Gasteiger partial charge in [-0.05, 0) is 18.2 Å². The normalized spacial score (nSPS) is 16.3. The van der Waals surface area contributed by atoms with Gasteiger partial charge in [-0.3, -0.25) is 0 Å². The fourth-order valence-electron chi connectivity index (χ4n) is 3.13. The Kier molecular flexibility index (Phi) is 2.24. The highest BCUT2D eigenvalue weighted by Gasteiger charge is 2.28. The summed E-state index contributed by atoms with van der Waals surface area (Å²) in [6.45, 7) is 0. The van der Waals surface area contributed by atoms with Crippen LogP contribution in [0, 0.1) is 0 Å². The maximum atomic E-state index is 12.7. The van der Waals surface area contributed by atoms with Crippen molar-refractivity contribution in [2.24, 2.45) is 0 Å². The molecule has 1 aliphatic heterocycles. The van der Waals surface area contributed by atoms with Crippen LogP contribution in [0.2, 0.25) is 0 Å². The molecule has 2 heterocycles. The van der Waals surface area contributed by atoms with Gasteiger partial charge in [0.05, 0.1) is 20.6 Å². The molecule has 0 radical (unpaired) electrons. The van der Waals surface area contributed by atoms with Crippen molar-refractivity contribution in [1.82, 2.24) is 0 Å². The molecule has 1 unspecified atom stereocenters. The van der Waals surface area contributed by atoms with Gasteiger partial charge in [0.25, 0.3) is 0 Å². The Morgan fingerprint density at radius 2 is 1.57 bits per heavy atom. The predicted octanol–water partition coefficient (Wildman–Crippen LogP) is 5.20. The molecule has 1 aromatic heterocycles. The molecule has 0 N–H and O–H groups in total. The molecule has 1 aliphatic rings. The maximum absolute atomic E-state index is 12.7. The number of benzene rings is 3. The largest absolute Gasteiger partial charge is 0.249 e. The van der Waals surface area contributed by atoms with Gasteiger partial charge >= 0.3 is 0 Å². The molecule has 1 atom stereocenters. The third-order valence-corrected chi connectivity index (χ3v) is 6.76. The quantitative estimate of drug-likeness (QED) is 0.384. The molecule has 0 saturated carbocycles. The van der Waals surface area contributed by atoms with Crippen LogP contribution >= 0.6 is 11.3 Å². The van der Waals surface area contributed by atoms with E-state index < -0.39 is 10.8 Å². The Bertz CT molecular complexity index is 1060. The minimum Gasteiger partial charge on any atom is -0.249 e. The average molecular weight is 306 g/mol. The van der Waals surface area contributed by atoms with E-state index in [1.807, 2.05) is 24.3 Å². The van der Waals surface area contributed by atoms with Gasteiger partial charge in [-0.15, -0.1) is 11.3 Å². The summed E-state index contributed by atoms with van der Waals surface area (Å²) in [5, 5.41) is 2.55. The van der Waals surface area contributed by atoms with Crippen LogP contribution in [0.1, 0.15) is 0 Å². The van der Waals surface area contributed by atoms with Crippen LogP contribution in [0.3, 0.4) is 0 Å². The first-order chi connectivity index (χ1) is 10.3. The number of fused-ring (bicyclic) bond motifs is 7. The van der Waals surface area contributed by atoms with Crippen molar-refractivity contribution in [2.75, 3.05) is 0 Å². The van der Waals surface area contributed by atoms with Gasteiger partial charge in [-0.2, -0.15) is 0 Å². The second kappa shape index (κ2) is 4.03. The van der Waals surface area contributed by atoms with Crippen molar-refractivity contribution in [1.29, 1.82) is 0 Å². The lowest BCUT2D eigenvalue weighted by Gasteiger charge is -2.01. The highest BCUT2D eigenvalue weighted by atomic mass is 32.2. The van der Waals surface area contributed by atoms with E-state index in [1.165, 1.54) is 25.7 Å². The highest BCUT2D eigenvalue weighted by Crippen LogP contribution is 2.48. The zero-order valence-corrected chi connectivity index (χ0v) is 12.6. The van der Waals surface area contributed by atoms with Crippen LogP contribution in [-0.2, 0) is 10.8 Å². The second-order valence-corrected chi connectivity index (χ2v) is 7.65. The minimum absolute atomic E-state index is 0.942. The summed E-state index contributed by atoms with van der Waals surface area (Å²) in [6.07, 6.45) is 0. The molecule has 3 heteroatoms. The summed E-state index contributed by atoms with van der Waals surface area (Å²) in [5.41, 5.74) is 2.30. The lowest BCUT2D eigenvalue weighted by atomic mass is 10.0. The first-order valence-electron chi connectivity index (χ1n) is 6.80. The monoisotopic (exact) mass is 306 g/mol. The molecule has 0 aliphatic carbocycles. The predicted molar refractivity (Wildman–Crippen MR) is 89.4 cm³/mol. The van der Waals surface area contributed by atoms with E-state index >= 15 is 0 Å². The van der Waals surface area contributed by atoms with Crippen molar-refractivity contribution in [3.8, 4) is 11.1 Å². The SMILES string of the molecule is O=S1c2ccccc2-c2c1ccc1c2sc2ccccc21. The number of hydrogen-bond acceptors (Lipinski definition) is 2. The van der Waals surface area contributed by atoms with Gasteiger partial charge in [0, 0.05) is 31.3 Å². The fraction of sp³-hybridized carbons (Fsp3) is 0. The molecule has 100 valence electrons. The minimum atomic E-state index is -1.04. The lowest BCUT2D eigenvalue weighted by Crippen LogP contribution is -1.84. The van der Waals surface area contributed by atoms with Crippen molar-refractivity contribution < 1.29 is 4.21 Å². The van der Waals surface area contributed by atoms with E-state index in [-0.39, 0.29) is 0 Å². The molecule has 0 spiro atoms. The Balaban J connectivity index is 2.02. The summed E-state index contributed by atoms with van der Waals surface area (Å²) in [4.78, 5) is 1.90. The van der Waals surface area contributed by atoms with E-state index in [4.69, 9.17) is 0 Å². The van der Waals surface area contributed by atoms with Gasteiger partial charge < -0.3 is 0 Å². The Hall–Kier alpha value is -1.97. The molecular weight excluding hydrogens is 296 g/mol. The van der Waals surface area contributed by atoms with Gasteiger partial charge in [-0.25, -0.2) is 4.21 Å². The summed E-state index contributed by atoms with van der Waals surface area (Å²) in [7, 11) is -1.04. The molecule has 0 fully saturated rings. The molecule has 0 bridgehead atoms. The Morgan fingerprint density at radius 3 is 2.52 bits per heavy atom. The van der Waals surface area contributed by atoms with Crippen LogP contribution in [0.15, 0.2) is 70.5 Å². The van der Waals surface area contributed by atoms with Gasteiger partial charge in [0.2, 0.25) is 0 Å². The van der Waals surface area contributed by atoms with E-state index in [0.717, 1.165) is 15.4 Å². The standard InChI is InChI=1S/C18H10OS2/c19-21-15-8-4-2-6-13(15)17-16(21)10-9-12-11-5-1-3-7-14(11)20-18(12)17/h1-10H. The van der Waals surface area contributed by atoms with Crippen molar-refractivity contribution in [3.05, 3.63) is 60.7 Å². The molecule has 21 heavy (non-hydrogen) atoms. The molecule has 4 aromatic rings. The van der Waals surface area contributed by atoms with Crippen molar-refractivity contribution in [2.45, 2.75) is 9.79 Å². The zero-order valence-electron chi connectivity index (χ0n) is 11.0. The lowest BCUT2D eigenvalue weighted by molar-refractivity contribution is 0.685. The van der Waals surface area contributed by atoms with Crippen molar-refractivity contribution in [3.63, 3.8) is 0 Å². The van der Waals surface area contributed by atoms with E-state index in [2.05, 4.69) is 36.4 Å². The van der Waals surface area contributed by atoms with Gasteiger partial charge in [0.15, 0.2) is 0 Å². The third kappa shape index (κ3) is 1.42. The zero-order chi connectivity index (χ0) is 14.0. The van der Waals surface area contributed by atoms with E-state index in [1.54, 1.807) is 11.3 Å². The van der Waals surface area contributed by atoms with Crippen LogP contribution < -0.4 is 0 Å². The first-order valence-corrected chi connectivity index (χ1v) is 8.76. The van der Waals surface area contributed by atoms with E-state index in [0.29, 0.717) is 0 Å². The summed E-state index contributed by atoms with van der Waals surface area (Å²) in [6, 6.07) is 20.7. The average Bonchev–Trinajstić information content (AvgIpc) is 3.04. The number of rotatable bonds is 0. The summed E-state index contributed by atoms with van der Waals surface area (Å²) < 4.78 is 15.2. The summed E-state index contributed by atoms with van der Waals surface area (Å²) >= 11 is 1.80. The molecular formula is C18H10OS2. The topological polar surface area (TPSA) is 17.1 Å². The van der Waals surface area contributed by atoms with Crippen LogP contribution in [0.5, 0.6) is 0 Å². The number of hydrogen-bond donors (Lipinski definition) is 0. The van der Waals surface area contributed by atoms with Gasteiger partial charge in [0.1, 0.15) is 0 Å². The molecule has 5 rings (SSSR count). The molecule has 0 amide bonds. The smallest absolute Gasteiger partial charge is 0.0862 e. The first kappa shape index (κ1) is 11.7. The molecule has 0 saturated heterocycles. The van der Waals surface area contributed by atoms with E-state index in [9.17, 15) is 4.21 Å². The van der Waals surface area contributed by atoms with Gasteiger partial charge in [-0.1, -0.05) is 42.5 Å². The second-order valence-electron chi connectivity index (χ2n) is 5.18. The van der Waals surface area contributed by atoms with Crippen molar-refractivity contribution >= 4 is 42.3 Å². The van der Waals surface area contributed by atoms with Crippen LogP contribution in [0.25, 0.3) is 31.3 Å².